The van der Waals surface area contributed by atoms with Crippen LogP contribution in [0.25, 0.3) is 0 Å². The SMILES string of the molecule is CC(C(=O)O)C1CN(C(=O)NCC2(N(C)C)CCC2)C1. The molecule has 1 aliphatic heterocycles. The zero-order valence-corrected chi connectivity index (χ0v) is 12.6. The number of likely N-dealkylation sites (tertiary alicyclic amines) is 1. The van der Waals surface area contributed by atoms with E-state index in [9.17, 15) is 9.59 Å². The molecule has 1 unspecified atom stereocenters. The fourth-order valence-electron chi connectivity index (χ4n) is 2.92. The highest BCUT2D eigenvalue weighted by Crippen LogP contribution is 2.35. The van der Waals surface area contributed by atoms with Crippen molar-refractivity contribution in [1.29, 1.82) is 0 Å². The van der Waals surface area contributed by atoms with Gasteiger partial charge in [0, 0.05) is 31.1 Å². The van der Waals surface area contributed by atoms with E-state index in [4.69, 9.17) is 5.11 Å². The van der Waals surface area contributed by atoms with Gasteiger partial charge < -0.3 is 20.2 Å². The van der Waals surface area contributed by atoms with Crippen LogP contribution in [-0.4, -0.2) is 66.2 Å². The van der Waals surface area contributed by atoms with Crippen LogP contribution in [0.5, 0.6) is 0 Å². The number of carbonyl (C=O) groups is 2. The van der Waals surface area contributed by atoms with Gasteiger partial charge in [0.25, 0.3) is 0 Å². The summed E-state index contributed by atoms with van der Waals surface area (Å²) in [5.41, 5.74) is 0.119. The van der Waals surface area contributed by atoms with E-state index in [1.165, 1.54) is 6.42 Å². The van der Waals surface area contributed by atoms with Gasteiger partial charge in [0.15, 0.2) is 0 Å². The third-order valence-corrected chi connectivity index (χ3v) is 5.10. The number of nitrogens with zero attached hydrogens (tertiary/aromatic N) is 2. The number of carboxylic acid groups (broad SMARTS) is 1. The zero-order valence-electron chi connectivity index (χ0n) is 12.6. The van der Waals surface area contributed by atoms with Crippen molar-refractivity contribution >= 4 is 12.0 Å². The Morgan fingerprint density at radius 3 is 2.40 bits per heavy atom. The highest BCUT2D eigenvalue weighted by atomic mass is 16.4. The summed E-state index contributed by atoms with van der Waals surface area (Å²) >= 11 is 0. The second kappa shape index (κ2) is 5.60. The molecule has 0 aromatic carbocycles. The molecule has 114 valence electrons. The Labute approximate surface area is 120 Å². The van der Waals surface area contributed by atoms with Gasteiger partial charge in [-0.1, -0.05) is 6.92 Å². The number of urea groups is 1. The fourth-order valence-corrected chi connectivity index (χ4v) is 2.92. The number of carboxylic acids is 1. The van der Waals surface area contributed by atoms with Crippen LogP contribution in [0, 0.1) is 11.8 Å². The number of aliphatic carboxylic acids is 1. The molecule has 0 radical (unpaired) electrons. The summed E-state index contributed by atoms with van der Waals surface area (Å²) in [6.07, 6.45) is 3.47. The topological polar surface area (TPSA) is 72.9 Å². The first-order chi connectivity index (χ1) is 9.35. The quantitative estimate of drug-likeness (QED) is 0.784. The lowest BCUT2D eigenvalue weighted by molar-refractivity contribution is -0.144. The van der Waals surface area contributed by atoms with Crippen LogP contribution in [0.3, 0.4) is 0 Å². The molecule has 2 amide bonds. The van der Waals surface area contributed by atoms with Crippen LogP contribution in [-0.2, 0) is 4.79 Å². The monoisotopic (exact) mass is 283 g/mol. The molecular formula is C14H25N3O3. The van der Waals surface area contributed by atoms with Crippen LogP contribution >= 0.6 is 0 Å². The maximum Gasteiger partial charge on any atom is 0.317 e. The summed E-state index contributed by atoms with van der Waals surface area (Å²) in [7, 11) is 4.11. The number of likely N-dealkylation sites (N-methyl/N-ethyl adjacent to an activating group) is 1. The van der Waals surface area contributed by atoms with Gasteiger partial charge in [-0.2, -0.15) is 0 Å². The van der Waals surface area contributed by atoms with Crippen LogP contribution in [0.2, 0.25) is 0 Å². The number of hydrogen-bond donors (Lipinski definition) is 2. The van der Waals surface area contributed by atoms with E-state index in [-0.39, 0.29) is 23.4 Å². The van der Waals surface area contributed by atoms with Crippen molar-refractivity contribution in [2.75, 3.05) is 33.7 Å². The van der Waals surface area contributed by atoms with Gasteiger partial charge in [-0.25, -0.2) is 4.79 Å². The van der Waals surface area contributed by atoms with E-state index in [2.05, 4.69) is 24.3 Å². The number of hydrogen-bond acceptors (Lipinski definition) is 3. The van der Waals surface area contributed by atoms with Crippen molar-refractivity contribution in [3.8, 4) is 0 Å². The standard InChI is InChI=1S/C14H25N3O3/c1-10(12(18)19)11-7-17(8-11)13(20)15-9-14(16(2)3)5-4-6-14/h10-11H,4-9H2,1-3H3,(H,15,20)(H,18,19). The molecule has 0 spiro atoms. The second-order valence-electron chi connectivity index (χ2n) is 6.42. The largest absolute Gasteiger partial charge is 0.481 e. The number of amides is 2. The predicted octanol–water partition coefficient (Wildman–Crippen LogP) is 0.833. The maximum atomic E-state index is 12.0. The van der Waals surface area contributed by atoms with Crippen molar-refractivity contribution in [2.45, 2.75) is 31.7 Å². The summed E-state index contributed by atoms with van der Waals surface area (Å²) in [6.45, 7) is 3.48. The van der Waals surface area contributed by atoms with Gasteiger partial charge in [-0.05, 0) is 33.4 Å². The third kappa shape index (κ3) is 2.75. The smallest absolute Gasteiger partial charge is 0.317 e. The molecule has 2 rings (SSSR count). The Morgan fingerprint density at radius 2 is 2.00 bits per heavy atom. The van der Waals surface area contributed by atoms with Gasteiger partial charge >= 0.3 is 12.0 Å². The molecule has 0 aromatic rings. The minimum atomic E-state index is -0.781. The molecule has 6 heteroatoms. The average Bonchev–Trinajstić information content (AvgIpc) is 2.24. The van der Waals surface area contributed by atoms with Crippen molar-refractivity contribution in [3.05, 3.63) is 0 Å². The zero-order chi connectivity index (χ0) is 14.9. The summed E-state index contributed by atoms with van der Waals surface area (Å²) in [5.74, 6) is -1.07. The van der Waals surface area contributed by atoms with Gasteiger partial charge in [0.2, 0.25) is 0 Å². The first-order valence-electron chi connectivity index (χ1n) is 7.29. The second-order valence-corrected chi connectivity index (χ2v) is 6.42. The number of rotatable bonds is 5. The van der Waals surface area contributed by atoms with Gasteiger partial charge in [0.05, 0.1) is 5.92 Å². The Balaban J connectivity index is 1.74. The summed E-state index contributed by atoms with van der Waals surface area (Å²) < 4.78 is 0. The molecular weight excluding hydrogens is 258 g/mol. The van der Waals surface area contributed by atoms with Crippen LogP contribution in [0.15, 0.2) is 0 Å². The van der Waals surface area contributed by atoms with E-state index in [1.807, 2.05) is 0 Å². The molecule has 6 nitrogen and oxygen atoms in total. The third-order valence-electron chi connectivity index (χ3n) is 5.10. The van der Waals surface area contributed by atoms with Crippen molar-refractivity contribution < 1.29 is 14.7 Å². The molecule has 2 fully saturated rings. The van der Waals surface area contributed by atoms with Crippen molar-refractivity contribution in [1.82, 2.24) is 15.1 Å². The molecule has 0 bridgehead atoms. The summed E-state index contributed by atoms with van der Waals surface area (Å²) in [6, 6.07) is -0.0630. The van der Waals surface area contributed by atoms with Gasteiger partial charge in [0.1, 0.15) is 0 Å². The first kappa shape index (κ1) is 15.1. The number of nitrogens with one attached hydrogen (secondary N) is 1. The van der Waals surface area contributed by atoms with Crippen molar-refractivity contribution in [3.63, 3.8) is 0 Å². The van der Waals surface area contributed by atoms with Crippen LogP contribution in [0.4, 0.5) is 4.79 Å². The van der Waals surface area contributed by atoms with Crippen LogP contribution < -0.4 is 5.32 Å². The van der Waals surface area contributed by atoms with E-state index in [0.29, 0.717) is 19.6 Å². The summed E-state index contributed by atoms with van der Waals surface area (Å²) in [4.78, 5) is 26.8. The van der Waals surface area contributed by atoms with Gasteiger partial charge in [-0.15, -0.1) is 0 Å². The molecule has 20 heavy (non-hydrogen) atoms. The highest BCUT2D eigenvalue weighted by molar-refractivity contribution is 5.76. The molecule has 0 aromatic heterocycles. The average molecular weight is 283 g/mol. The molecule has 1 saturated carbocycles. The van der Waals surface area contributed by atoms with Crippen LogP contribution in [0.1, 0.15) is 26.2 Å². The highest BCUT2D eigenvalue weighted by Gasteiger charge is 2.41. The predicted molar refractivity (Wildman–Crippen MR) is 75.5 cm³/mol. The lowest BCUT2D eigenvalue weighted by Crippen LogP contribution is -2.61. The van der Waals surface area contributed by atoms with E-state index < -0.39 is 5.97 Å². The Kier molecular flexibility index (Phi) is 4.22. The first-order valence-corrected chi connectivity index (χ1v) is 7.29. The van der Waals surface area contributed by atoms with E-state index in [1.54, 1.807) is 11.8 Å². The van der Waals surface area contributed by atoms with Crippen molar-refractivity contribution in [2.24, 2.45) is 11.8 Å². The normalized spacial score (nSPS) is 22.9. The maximum absolute atomic E-state index is 12.0. The lowest BCUT2D eigenvalue weighted by atomic mass is 9.75. The molecule has 1 aliphatic carbocycles. The molecule has 1 heterocycles. The lowest BCUT2D eigenvalue weighted by Gasteiger charge is -2.48. The number of carbonyl (C=O) groups excluding carboxylic acids is 1. The van der Waals surface area contributed by atoms with E-state index >= 15 is 0 Å². The Morgan fingerprint density at radius 1 is 1.40 bits per heavy atom. The fraction of sp³-hybridized carbons (Fsp3) is 0.857. The van der Waals surface area contributed by atoms with Gasteiger partial charge in [-0.3, -0.25) is 4.79 Å². The Bertz CT molecular complexity index is 387. The molecule has 1 atom stereocenters. The molecule has 2 N–H and O–H groups in total. The van der Waals surface area contributed by atoms with E-state index in [0.717, 1.165) is 12.8 Å². The molecule has 1 saturated heterocycles. The minimum absolute atomic E-state index is 0.0630. The molecule has 2 aliphatic rings. The minimum Gasteiger partial charge on any atom is -0.481 e. The Hall–Kier alpha value is -1.30. The summed E-state index contributed by atoms with van der Waals surface area (Å²) in [5, 5.41) is 11.9.